The Bertz CT molecular complexity index is 1170. The van der Waals surface area contributed by atoms with E-state index in [2.05, 4.69) is 15.5 Å². The maximum atomic E-state index is 13.3. The van der Waals surface area contributed by atoms with Gasteiger partial charge in [-0.3, -0.25) is 9.69 Å². The Morgan fingerprint density at radius 2 is 1.91 bits per heavy atom. The zero-order valence-corrected chi connectivity index (χ0v) is 19.2. The number of methoxy groups -OCH3 is 2. The molecule has 34 heavy (non-hydrogen) atoms. The van der Waals surface area contributed by atoms with Gasteiger partial charge in [-0.1, -0.05) is 30.3 Å². The van der Waals surface area contributed by atoms with E-state index >= 15 is 0 Å². The largest absolute Gasteiger partial charge is 0.497 e. The van der Waals surface area contributed by atoms with E-state index < -0.39 is 18.2 Å². The topological polar surface area (TPSA) is 123 Å². The lowest BCUT2D eigenvalue weighted by Crippen LogP contribution is -2.71. The molecule has 0 radical (unpaired) electrons. The molecule has 0 unspecified atom stereocenters. The number of hydrogen-bond donors (Lipinski definition) is 1. The molecule has 1 fully saturated rings. The van der Waals surface area contributed by atoms with Crippen LogP contribution in [-0.4, -0.2) is 73.4 Å². The lowest BCUT2D eigenvalue weighted by molar-refractivity contribution is -0.160. The number of tetrazole rings is 1. The molecule has 1 aliphatic heterocycles. The quantitative estimate of drug-likeness (QED) is 0.475. The first kappa shape index (κ1) is 23.0. The van der Waals surface area contributed by atoms with E-state index in [1.807, 2.05) is 36.4 Å². The highest BCUT2D eigenvalue weighted by molar-refractivity contribution is 5.92. The second-order valence-electron chi connectivity index (χ2n) is 7.96. The van der Waals surface area contributed by atoms with E-state index in [0.29, 0.717) is 17.3 Å². The Hall–Kier alpha value is -4.15. The average molecular weight is 466 g/mol. The van der Waals surface area contributed by atoms with E-state index in [-0.39, 0.29) is 25.5 Å². The van der Waals surface area contributed by atoms with E-state index in [1.54, 1.807) is 42.9 Å². The molecule has 1 aliphatic rings. The third-order valence-corrected chi connectivity index (χ3v) is 5.98. The molecule has 0 bridgehead atoms. The summed E-state index contributed by atoms with van der Waals surface area (Å²) in [5, 5.41) is 21.6. The van der Waals surface area contributed by atoms with Crippen LogP contribution in [0, 0.1) is 6.92 Å². The summed E-state index contributed by atoms with van der Waals surface area (Å²) in [6.07, 6.45) is -1.16. The highest BCUT2D eigenvalue weighted by Gasteiger charge is 2.52. The number of ether oxygens (including phenoxy) is 2. The molecule has 0 saturated carbocycles. The van der Waals surface area contributed by atoms with Crippen LogP contribution >= 0.6 is 0 Å². The van der Waals surface area contributed by atoms with Crippen LogP contribution in [0.4, 0.5) is 4.79 Å². The summed E-state index contributed by atoms with van der Waals surface area (Å²) >= 11 is 0. The lowest BCUT2D eigenvalue weighted by Gasteiger charge is -2.50. The van der Waals surface area contributed by atoms with E-state index in [1.165, 1.54) is 4.90 Å². The molecule has 11 heteroatoms. The fourth-order valence-corrected chi connectivity index (χ4v) is 4.15. The van der Waals surface area contributed by atoms with E-state index in [4.69, 9.17) is 9.47 Å². The summed E-state index contributed by atoms with van der Waals surface area (Å²) in [6, 6.07) is 13.2. The van der Waals surface area contributed by atoms with Crippen molar-refractivity contribution in [1.29, 1.82) is 0 Å². The first-order valence-electron chi connectivity index (χ1n) is 10.7. The number of β-lactam (4-membered cyclic amide) rings is 1. The van der Waals surface area contributed by atoms with Crippen LogP contribution in [0.5, 0.6) is 11.5 Å². The first-order valence-corrected chi connectivity index (χ1v) is 10.7. The third-order valence-electron chi connectivity index (χ3n) is 5.98. The van der Waals surface area contributed by atoms with Crippen molar-refractivity contribution in [2.45, 2.75) is 38.6 Å². The molecule has 3 aromatic rings. The minimum absolute atomic E-state index is 0.0946. The van der Waals surface area contributed by atoms with Crippen LogP contribution in [0.15, 0.2) is 48.5 Å². The van der Waals surface area contributed by atoms with Gasteiger partial charge >= 0.3 is 6.09 Å². The van der Waals surface area contributed by atoms with Crippen molar-refractivity contribution in [2.75, 3.05) is 14.2 Å². The van der Waals surface area contributed by atoms with Gasteiger partial charge in [-0.05, 0) is 35.0 Å². The number of likely N-dealkylation sites (tertiary alicyclic amines) is 1. The number of amides is 2. The molecule has 1 aromatic heterocycles. The fourth-order valence-electron chi connectivity index (χ4n) is 4.15. The molecule has 2 atom stereocenters. The standard InChI is InChI=1S/C23H26N6O5/c1-15-24-25-26-29(15)14-19-21(28(23(31)32)12-16-7-5-4-6-8-16)22(30)27(19)13-17-9-10-18(33-2)11-20(17)34-3/h4-11,19,21H,12-14H2,1-3H3,(H,31,32)/t19-,21+/m1/s1. The van der Waals surface area contributed by atoms with Gasteiger partial charge in [0, 0.05) is 24.7 Å². The normalized spacial score (nSPS) is 17.3. The highest BCUT2D eigenvalue weighted by Crippen LogP contribution is 2.33. The van der Waals surface area contributed by atoms with E-state index in [0.717, 1.165) is 11.1 Å². The average Bonchev–Trinajstić information content (AvgIpc) is 3.26. The van der Waals surface area contributed by atoms with Crippen molar-refractivity contribution in [3.8, 4) is 11.5 Å². The predicted molar refractivity (Wildman–Crippen MR) is 120 cm³/mol. The van der Waals surface area contributed by atoms with Gasteiger partial charge in [-0.25, -0.2) is 9.48 Å². The summed E-state index contributed by atoms with van der Waals surface area (Å²) in [5.41, 5.74) is 1.57. The number of aryl methyl sites for hydroxylation is 1. The first-order chi connectivity index (χ1) is 16.4. The van der Waals surface area contributed by atoms with Crippen LogP contribution in [0.25, 0.3) is 0 Å². The molecule has 1 saturated heterocycles. The summed E-state index contributed by atoms with van der Waals surface area (Å²) in [7, 11) is 3.11. The maximum Gasteiger partial charge on any atom is 0.408 e. The molecule has 2 aromatic carbocycles. The zero-order chi connectivity index (χ0) is 24.2. The lowest BCUT2D eigenvalue weighted by atomic mass is 9.91. The van der Waals surface area contributed by atoms with Gasteiger partial charge in [0.2, 0.25) is 5.91 Å². The number of nitrogens with zero attached hydrogens (tertiary/aromatic N) is 6. The van der Waals surface area contributed by atoms with Crippen molar-refractivity contribution in [3.05, 3.63) is 65.5 Å². The van der Waals surface area contributed by atoms with Gasteiger partial charge in [0.25, 0.3) is 0 Å². The van der Waals surface area contributed by atoms with Crippen molar-refractivity contribution in [2.24, 2.45) is 0 Å². The molecular weight excluding hydrogens is 440 g/mol. The number of hydrogen-bond acceptors (Lipinski definition) is 7. The predicted octanol–water partition coefficient (Wildman–Crippen LogP) is 1.96. The molecular formula is C23H26N6O5. The van der Waals surface area contributed by atoms with Crippen molar-refractivity contribution in [1.82, 2.24) is 30.0 Å². The number of rotatable bonds is 9. The SMILES string of the molecule is COc1ccc(CN2C(=O)[C@@H](N(Cc3ccccc3)C(=O)O)[C@H]2Cn2nnnc2C)c(OC)c1. The summed E-state index contributed by atoms with van der Waals surface area (Å²) in [6.45, 7) is 2.35. The van der Waals surface area contributed by atoms with Crippen molar-refractivity contribution in [3.63, 3.8) is 0 Å². The Morgan fingerprint density at radius 3 is 2.53 bits per heavy atom. The Kier molecular flexibility index (Phi) is 6.62. The second kappa shape index (κ2) is 9.77. The van der Waals surface area contributed by atoms with E-state index in [9.17, 15) is 14.7 Å². The van der Waals surface area contributed by atoms with Gasteiger partial charge in [0.1, 0.15) is 23.4 Å². The Labute approximate surface area is 196 Å². The molecule has 0 aliphatic carbocycles. The summed E-state index contributed by atoms with van der Waals surface area (Å²) in [4.78, 5) is 28.4. The van der Waals surface area contributed by atoms with Crippen LogP contribution in [-0.2, 0) is 24.4 Å². The minimum atomic E-state index is -1.16. The number of carbonyl (C=O) groups excluding carboxylic acids is 1. The molecule has 178 valence electrons. The second-order valence-corrected chi connectivity index (χ2v) is 7.96. The third kappa shape index (κ3) is 4.49. The van der Waals surface area contributed by atoms with Gasteiger partial charge in [-0.15, -0.1) is 5.10 Å². The Balaban J connectivity index is 1.64. The summed E-state index contributed by atoms with van der Waals surface area (Å²) < 4.78 is 12.3. The van der Waals surface area contributed by atoms with Gasteiger partial charge in [-0.2, -0.15) is 0 Å². The summed E-state index contributed by atoms with van der Waals surface area (Å²) in [5.74, 6) is 1.50. The maximum absolute atomic E-state index is 13.3. The van der Waals surface area contributed by atoms with Gasteiger partial charge in [0.15, 0.2) is 0 Å². The van der Waals surface area contributed by atoms with Crippen LogP contribution < -0.4 is 9.47 Å². The number of aromatic nitrogens is 4. The molecule has 1 N–H and O–H groups in total. The van der Waals surface area contributed by atoms with Gasteiger partial charge in [0.05, 0.1) is 26.8 Å². The molecule has 0 spiro atoms. The zero-order valence-electron chi connectivity index (χ0n) is 19.2. The number of carboxylic acid groups (broad SMARTS) is 1. The monoisotopic (exact) mass is 466 g/mol. The smallest absolute Gasteiger partial charge is 0.408 e. The highest BCUT2D eigenvalue weighted by atomic mass is 16.5. The van der Waals surface area contributed by atoms with Crippen LogP contribution in [0.3, 0.4) is 0 Å². The van der Waals surface area contributed by atoms with Crippen molar-refractivity contribution < 1.29 is 24.2 Å². The van der Waals surface area contributed by atoms with Gasteiger partial charge < -0.3 is 19.5 Å². The molecule has 4 rings (SSSR count). The Morgan fingerprint density at radius 1 is 1.15 bits per heavy atom. The fraction of sp³-hybridized carbons (Fsp3) is 0.348. The number of benzene rings is 2. The van der Waals surface area contributed by atoms with Crippen molar-refractivity contribution >= 4 is 12.0 Å². The molecule has 11 nitrogen and oxygen atoms in total. The van der Waals surface area contributed by atoms with Crippen LogP contribution in [0.1, 0.15) is 17.0 Å². The molecule has 2 heterocycles. The molecule has 2 amide bonds. The minimum Gasteiger partial charge on any atom is -0.497 e. The number of carbonyl (C=O) groups is 2. The van der Waals surface area contributed by atoms with Crippen LogP contribution in [0.2, 0.25) is 0 Å².